The first-order chi connectivity index (χ1) is 12.5. The van der Waals surface area contributed by atoms with Gasteiger partial charge in [0.1, 0.15) is 5.69 Å². The molecule has 0 unspecified atom stereocenters. The maximum atomic E-state index is 13.1. The smallest absolute Gasteiger partial charge is 0.418 e. The normalized spacial score (nSPS) is 12.4. The molecule has 0 saturated heterocycles. The number of carbonyl (C=O) groups is 1. The number of nitro groups is 1. The number of aryl methyl sites for hydroxylation is 1. The molecule has 2 rings (SSSR count). The number of nitrogens with zero attached hydrogens (tertiary/aromatic N) is 2. The van der Waals surface area contributed by atoms with Crippen molar-refractivity contribution < 1.29 is 27.6 Å². The number of carbonyl (C=O) groups excluding carboxylic acids is 1. The van der Waals surface area contributed by atoms with Gasteiger partial charge in [-0.25, -0.2) is 0 Å². The summed E-state index contributed by atoms with van der Waals surface area (Å²) in [6.45, 7) is 2.77. The lowest BCUT2D eigenvalue weighted by atomic mass is 10.1. The van der Waals surface area contributed by atoms with Crippen LogP contribution >= 0.6 is 11.6 Å². The van der Waals surface area contributed by atoms with E-state index in [2.05, 4.69) is 10.3 Å². The van der Waals surface area contributed by atoms with Gasteiger partial charge in [0, 0.05) is 11.9 Å². The van der Waals surface area contributed by atoms with Crippen molar-refractivity contribution in [1.82, 2.24) is 4.98 Å². The number of ether oxygens (including phenoxy) is 1. The first-order valence-electron chi connectivity index (χ1n) is 7.45. The molecular formula is C16H13ClF3N3O4. The number of benzene rings is 1. The number of amides is 1. The third-order valence-electron chi connectivity index (χ3n) is 3.37. The van der Waals surface area contributed by atoms with Gasteiger partial charge >= 0.3 is 12.0 Å². The Hall–Kier alpha value is -2.88. The summed E-state index contributed by atoms with van der Waals surface area (Å²) in [5, 5.41) is 13.0. The van der Waals surface area contributed by atoms with Gasteiger partial charge in [0.15, 0.2) is 6.10 Å². The molecule has 144 valence electrons. The molecule has 1 amide bonds. The number of anilines is 1. The second kappa shape index (κ2) is 7.78. The summed E-state index contributed by atoms with van der Waals surface area (Å²) in [6, 6.07) is 5.57. The van der Waals surface area contributed by atoms with Gasteiger partial charge in [0.25, 0.3) is 5.91 Å². The Balaban J connectivity index is 2.22. The van der Waals surface area contributed by atoms with Gasteiger partial charge in [0.2, 0.25) is 5.75 Å². The third kappa shape index (κ3) is 5.07. The van der Waals surface area contributed by atoms with Gasteiger partial charge in [-0.3, -0.25) is 4.79 Å². The van der Waals surface area contributed by atoms with Crippen molar-refractivity contribution in [2.75, 3.05) is 5.32 Å². The Labute approximate surface area is 156 Å². The average Bonchev–Trinajstić information content (AvgIpc) is 2.56. The molecule has 0 spiro atoms. The van der Waals surface area contributed by atoms with Crippen LogP contribution in [0, 0.1) is 17.0 Å². The summed E-state index contributed by atoms with van der Waals surface area (Å²) in [5.74, 6) is -1.81. The number of halogens is 4. The molecule has 0 saturated carbocycles. The fourth-order valence-electron chi connectivity index (χ4n) is 2.09. The molecule has 1 aromatic carbocycles. The van der Waals surface area contributed by atoms with Crippen molar-refractivity contribution >= 4 is 29.0 Å². The Morgan fingerprint density at radius 2 is 2.00 bits per heavy atom. The molecule has 0 radical (unpaired) electrons. The number of rotatable bonds is 5. The van der Waals surface area contributed by atoms with Crippen LogP contribution in [-0.4, -0.2) is 21.9 Å². The lowest BCUT2D eigenvalue weighted by Gasteiger charge is -2.17. The van der Waals surface area contributed by atoms with E-state index in [-0.39, 0.29) is 10.8 Å². The molecule has 11 heteroatoms. The van der Waals surface area contributed by atoms with E-state index in [0.29, 0.717) is 11.8 Å². The minimum atomic E-state index is -4.74. The number of alkyl halides is 3. The monoisotopic (exact) mass is 403 g/mol. The zero-order valence-corrected chi connectivity index (χ0v) is 14.8. The minimum absolute atomic E-state index is 0.147. The molecule has 1 atom stereocenters. The van der Waals surface area contributed by atoms with Crippen LogP contribution in [-0.2, 0) is 11.0 Å². The molecule has 1 N–H and O–H groups in total. The third-order valence-corrected chi connectivity index (χ3v) is 3.60. The second-order valence-corrected chi connectivity index (χ2v) is 5.90. The van der Waals surface area contributed by atoms with Crippen LogP contribution in [0.1, 0.15) is 18.2 Å². The van der Waals surface area contributed by atoms with E-state index in [4.69, 9.17) is 16.3 Å². The van der Waals surface area contributed by atoms with Gasteiger partial charge in [-0.05, 0) is 47.2 Å². The van der Waals surface area contributed by atoms with Crippen molar-refractivity contribution in [2.24, 2.45) is 0 Å². The lowest BCUT2D eigenvalue weighted by Crippen LogP contribution is -2.31. The Morgan fingerprint density at radius 1 is 1.33 bits per heavy atom. The highest BCUT2D eigenvalue weighted by atomic mass is 35.5. The van der Waals surface area contributed by atoms with E-state index in [0.717, 1.165) is 6.07 Å². The van der Waals surface area contributed by atoms with E-state index in [1.165, 1.54) is 32.0 Å². The molecule has 0 aliphatic rings. The molecule has 1 heterocycles. The Kier molecular flexibility index (Phi) is 5.89. The van der Waals surface area contributed by atoms with Crippen molar-refractivity contribution in [3.63, 3.8) is 0 Å². The van der Waals surface area contributed by atoms with E-state index < -0.39 is 40.2 Å². The topological polar surface area (TPSA) is 94.4 Å². The van der Waals surface area contributed by atoms with E-state index in [9.17, 15) is 28.1 Å². The fourth-order valence-corrected chi connectivity index (χ4v) is 2.26. The van der Waals surface area contributed by atoms with Crippen LogP contribution in [0.4, 0.5) is 24.7 Å². The average molecular weight is 404 g/mol. The van der Waals surface area contributed by atoms with Crippen LogP contribution in [0.2, 0.25) is 5.02 Å². The minimum Gasteiger partial charge on any atom is -0.473 e. The maximum absolute atomic E-state index is 13.1. The summed E-state index contributed by atoms with van der Waals surface area (Å²) < 4.78 is 44.5. The van der Waals surface area contributed by atoms with Gasteiger partial charge < -0.3 is 20.2 Å². The van der Waals surface area contributed by atoms with E-state index in [1.807, 2.05) is 0 Å². The predicted octanol–water partition coefficient (Wildman–Crippen LogP) is 4.38. The van der Waals surface area contributed by atoms with E-state index >= 15 is 0 Å². The lowest BCUT2D eigenvalue weighted by molar-refractivity contribution is -0.390. The second-order valence-electron chi connectivity index (χ2n) is 5.47. The number of nitrogens with one attached hydrogen (secondary N) is 1. The van der Waals surface area contributed by atoms with Crippen LogP contribution in [0.15, 0.2) is 30.3 Å². The Morgan fingerprint density at radius 3 is 2.59 bits per heavy atom. The maximum Gasteiger partial charge on any atom is 0.418 e. The molecule has 0 aliphatic heterocycles. The summed E-state index contributed by atoms with van der Waals surface area (Å²) in [5.41, 5.74) is -1.27. The number of pyridine rings is 1. The summed E-state index contributed by atoms with van der Waals surface area (Å²) in [6.07, 6.45) is -6.07. The predicted molar refractivity (Wildman–Crippen MR) is 90.8 cm³/mol. The van der Waals surface area contributed by atoms with Crippen molar-refractivity contribution in [3.8, 4) is 5.75 Å². The largest absolute Gasteiger partial charge is 0.473 e. The van der Waals surface area contributed by atoms with E-state index in [1.54, 1.807) is 0 Å². The highest BCUT2D eigenvalue weighted by Crippen LogP contribution is 2.36. The zero-order chi connectivity index (χ0) is 20.4. The molecule has 0 aliphatic carbocycles. The SMILES string of the molecule is Cc1ccc(O[C@@H](C)C(=O)Nc2ccc(Cl)cc2C(F)(F)F)c([N+](=O)[O-])n1. The highest BCUT2D eigenvalue weighted by molar-refractivity contribution is 6.30. The molecule has 7 nitrogen and oxygen atoms in total. The van der Waals surface area contributed by atoms with Gasteiger partial charge in [0.05, 0.1) is 11.3 Å². The first kappa shape index (κ1) is 20.4. The number of aromatic nitrogens is 1. The molecule has 2 aromatic rings. The van der Waals surface area contributed by atoms with Gasteiger partial charge in [-0.15, -0.1) is 0 Å². The fraction of sp³-hybridized carbons (Fsp3) is 0.250. The molecule has 0 fully saturated rings. The van der Waals surface area contributed by atoms with Crippen LogP contribution in [0.5, 0.6) is 5.75 Å². The summed E-state index contributed by atoms with van der Waals surface area (Å²) in [7, 11) is 0. The van der Waals surface area contributed by atoms with Crippen LogP contribution in [0.3, 0.4) is 0 Å². The highest BCUT2D eigenvalue weighted by Gasteiger charge is 2.34. The Bertz CT molecular complexity index is 890. The van der Waals surface area contributed by atoms with Gasteiger partial charge in [-0.1, -0.05) is 11.6 Å². The standard InChI is InChI=1S/C16H13ClF3N3O4/c1-8-3-6-13(14(21-8)23(25)26)27-9(2)15(24)22-12-5-4-10(17)7-11(12)16(18,19)20/h3-7,9H,1-2H3,(H,22,24)/t9-/m0/s1. The zero-order valence-electron chi connectivity index (χ0n) is 14.0. The summed E-state index contributed by atoms with van der Waals surface area (Å²) in [4.78, 5) is 26.2. The van der Waals surface area contributed by atoms with Crippen LogP contribution in [0.25, 0.3) is 0 Å². The van der Waals surface area contributed by atoms with Crippen molar-refractivity contribution in [3.05, 3.63) is 56.7 Å². The molecular weight excluding hydrogens is 391 g/mol. The molecule has 0 bridgehead atoms. The van der Waals surface area contributed by atoms with Gasteiger partial charge in [-0.2, -0.15) is 13.2 Å². The molecule has 27 heavy (non-hydrogen) atoms. The van der Waals surface area contributed by atoms with Crippen molar-refractivity contribution in [2.45, 2.75) is 26.1 Å². The van der Waals surface area contributed by atoms with Crippen LogP contribution < -0.4 is 10.1 Å². The number of hydrogen-bond acceptors (Lipinski definition) is 5. The van der Waals surface area contributed by atoms with Crippen molar-refractivity contribution in [1.29, 1.82) is 0 Å². The quantitative estimate of drug-likeness (QED) is 0.590. The number of hydrogen-bond donors (Lipinski definition) is 1. The molecule has 1 aromatic heterocycles. The summed E-state index contributed by atoms with van der Waals surface area (Å²) >= 11 is 5.58. The first-order valence-corrected chi connectivity index (χ1v) is 7.83.